The van der Waals surface area contributed by atoms with Crippen molar-refractivity contribution in [2.24, 2.45) is 0 Å². The van der Waals surface area contributed by atoms with E-state index in [4.69, 9.17) is 19.7 Å². The lowest BCUT2D eigenvalue weighted by Gasteiger charge is -2.22. The summed E-state index contributed by atoms with van der Waals surface area (Å²) in [6.45, 7) is 4.28. The summed E-state index contributed by atoms with van der Waals surface area (Å²) in [5.74, 6) is -0.430. The molecule has 0 unspecified atom stereocenters. The van der Waals surface area contributed by atoms with Crippen LogP contribution in [0.1, 0.15) is 30.5 Å². The molecule has 8 heteroatoms. The largest absolute Gasteiger partial charge is 0.478 e. The number of nitrogens with one attached hydrogen (secondary N) is 2. The molecule has 0 radical (unpaired) electrons. The predicted molar refractivity (Wildman–Crippen MR) is 112 cm³/mol. The topological polar surface area (TPSA) is 101 Å². The van der Waals surface area contributed by atoms with Crippen molar-refractivity contribution in [3.05, 3.63) is 71.3 Å². The molecule has 8 nitrogen and oxygen atoms in total. The van der Waals surface area contributed by atoms with E-state index >= 15 is 0 Å². The lowest BCUT2D eigenvalue weighted by atomic mass is 10.1. The molecule has 160 valence electrons. The zero-order valence-electron chi connectivity index (χ0n) is 17.2. The van der Waals surface area contributed by atoms with Gasteiger partial charge >= 0.3 is 12.0 Å². The van der Waals surface area contributed by atoms with E-state index in [0.29, 0.717) is 12.2 Å². The van der Waals surface area contributed by atoms with Crippen molar-refractivity contribution >= 4 is 17.9 Å². The number of carbonyl (C=O) groups is 2. The number of hydrogen-bond acceptors (Lipinski definition) is 6. The molecule has 0 fully saturated rings. The molecule has 0 aromatic heterocycles. The maximum atomic E-state index is 12.6. The van der Waals surface area contributed by atoms with Gasteiger partial charge in [-0.15, -0.1) is 0 Å². The first-order valence-electron chi connectivity index (χ1n) is 9.72. The number of benzene rings is 2. The zero-order chi connectivity index (χ0) is 21.8. The average molecular weight is 413 g/mol. The fourth-order valence-corrected chi connectivity index (χ4v) is 2.51. The number of esters is 1. The molecule has 0 aliphatic rings. The van der Waals surface area contributed by atoms with Crippen LogP contribution < -0.4 is 5.32 Å². The molecule has 0 atom stereocenters. The first kappa shape index (κ1) is 22.9. The van der Waals surface area contributed by atoms with Gasteiger partial charge in [-0.1, -0.05) is 42.5 Å². The van der Waals surface area contributed by atoms with Crippen molar-refractivity contribution in [3.8, 4) is 0 Å². The van der Waals surface area contributed by atoms with E-state index in [1.807, 2.05) is 37.3 Å². The Morgan fingerprint density at radius 3 is 2.23 bits per heavy atom. The van der Waals surface area contributed by atoms with Gasteiger partial charge in [0.15, 0.2) is 0 Å². The van der Waals surface area contributed by atoms with Crippen LogP contribution in [-0.4, -0.2) is 42.7 Å². The Kier molecular flexibility index (Phi) is 9.33. The van der Waals surface area contributed by atoms with E-state index in [1.165, 1.54) is 0 Å². The van der Waals surface area contributed by atoms with Gasteiger partial charge in [-0.05, 0) is 37.1 Å². The van der Waals surface area contributed by atoms with Crippen LogP contribution in [0.5, 0.6) is 0 Å². The van der Waals surface area contributed by atoms with Gasteiger partial charge in [0.05, 0.1) is 19.8 Å². The van der Waals surface area contributed by atoms with Gasteiger partial charge < -0.3 is 14.8 Å². The molecule has 0 aliphatic heterocycles. The summed E-state index contributed by atoms with van der Waals surface area (Å²) < 4.78 is 10.0. The summed E-state index contributed by atoms with van der Waals surface area (Å²) >= 11 is 0. The van der Waals surface area contributed by atoms with E-state index in [2.05, 4.69) is 5.32 Å². The third-order valence-corrected chi connectivity index (χ3v) is 3.98. The number of nitrogens with zero attached hydrogens (tertiary/aromatic N) is 1. The summed E-state index contributed by atoms with van der Waals surface area (Å²) in [4.78, 5) is 29.8. The Morgan fingerprint density at radius 2 is 1.60 bits per heavy atom. The molecule has 0 saturated carbocycles. The van der Waals surface area contributed by atoms with E-state index in [0.717, 1.165) is 16.2 Å². The molecular weight excluding hydrogens is 386 g/mol. The van der Waals surface area contributed by atoms with Crippen LogP contribution >= 0.6 is 0 Å². The Morgan fingerprint density at radius 1 is 0.933 bits per heavy atom. The van der Waals surface area contributed by atoms with E-state index < -0.39 is 12.0 Å². The van der Waals surface area contributed by atoms with Crippen LogP contribution in [0.3, 0.4) is 0 Å². The Labute approximate surface area is 176 Å². The third kappa shape index (κ3) is 7.56. The van der Waals surface area contributed by atoms with Gasteiger partial charge in [0.25, 0.3) is 0 Å². The minimum atomic E-state index is -0.551. The van der Waals surface area contributed by atoms with Crippen molar-refractivity contribution in [3.63, 3.8) is 0 Å². The summed E-state index contributed by atoms with van der Waals surface area (Å²) in [5, 5.41) is 11.5. The lowest BCUT2D eigenvalue weighted by Crippen LogP contribution is -2.42. The van der Waals surface area contributed by atoms with Crippen molar-refractivity contribution in [1.82, 2.24) is 10.4 Å². The number of hydrogen-bond donors (Lipinski definition) is 2. The molecule has 2 rings (SSSR count). The first-order chi connectivity index (χ1) is 14.5. The smallest absolute Gasteiger partial charge is 0.342 e. The molecule has 0 heterocycles. The van der Waals surface area contributed by atoms with Gasteiger partial charge in [0.2, 0.25) is 5.90 Å². The highest BCUT2D eigenvalue weighted by atomic mass is 16.7. The van der Waals surface area contributed by atoms with Crippen LogP contribution in [0, 0.1) is 5.41 Å². The maximum absolute atomic E-state index is 12.6. The van der Waals surface area contributed by atoms with Crippen LogP contribution in [0.25, 0.3) is 0 Å². The van der Waals surface area contributed by atoms with E-state index in [9.17, 15) is 9.59 Å². The third-order valence-electron chi connectivity index (χ3n) is 3.98. The van der Waals surface area contributed by atoms with Crippen LogP contribution in [0.15, 0.2) is 54.6 Å². The number of carbonyl (C=O) groups excluding carboxylic acids is 2. The van der Waals surface area contributed by atoms with Gasteiger partial charge in [-0.25, -0.2) is 4.79 Å². The molecule has 0 bridgehead atoms. The summed E-state index contributed by atoms with van der Waals surface area (Å²) in [6.07, 6.45) is 0. The predicted octanol–water partition coefficient (Wildman–Crippen LogP) is 3.25. The second kappa shape index (κ2) is 12.2. The van der Waals surface area contributed by atoms with Crippen molar-refractivity contribution < 1.29 is 23.9 Å². The second-order valence-corrected chi connectivity index (χ2v) is 6.22. The summed E-state index contributed by atoms with van der Waals surface area (Å²) in [7, 11) is 0. The minimum Gasteiger partial charge on any atom is -0.478 e. The molecule has 2 aromatic rings. The van der Waals surface area contributed by atoms with Gasteiger partial charge in [0.1, 0.15) is 13.2 Å². The Bertz CT molecular complexity index is 824. The van der Waals surface area contributed by atoms with Gasteiger partial charge in [-0.3, -0.25) is 15.0 Å². The fourth-order valence-electron chi connectivity index (χ4n) is 2.51. The molecule has 2 N–H and O–H groups in total. The Balaban J connectivity index is 2.04. The molecule has 30 heavy (non-hydrogen) atoms. The monoisotopic (exact) mass is 413 g/mol. The molecule has 2 aromatic carbocycles. The molecule has 2 amide bonds. The highest BCUT2D eigenvalue weighted by Crippen LogP contribution is 2.11. The number of ether oxygens (including phenoxy) is 2. The fraction of sp³-hybridized carbons (Fsp3) is 0.318. The SMILES string of the molecule is CCOC(=N)c1ccc(CN(OCc2ccccc2)C(=O)NCC(=O)OCC)cc1. The number of amides is 2. The highest BCUT2D eigenvalue weighted by Gasteiger charge is 2.17. The average Bonchev–Trinajstić information content (AvgIpc) is 2.76. The molecule has 0 saturated heterocycles. The maximum Gasteiger partial charge on any atom is 0.342 e. The van der Waals surface area contributed by atoms with Crippen LogP contribution in [0.2, 0.25) is 0 Å². The molecule has 0 spiro atoms. The van der Waals surface area contributed by atoms with E-state index in [-0.39, 0.29) is 32.2 Å². The lowest BCUT2D eigenvalue weighted by molar-refractivity contribution is -0.144. The molecular formula is C22H27N3O5. The van der Waals surface area contributed by atoms with Gasteiger partial charge in [-0.2, -0.15) is 5.06 Å². The van der Waals surface area contributed by atoms with E-state index in [1.54, 1.807) is 31.2 Å². The summed E-state index contributed by atoms with van der Waals surface area (Å²) in [6, 6.07) is 16.0. The van der Waals surface area contributed by atoms with Crippen molar-refractivity contribution in [2.75, 3.05) is 19.8 Å². The highest BCUT2D eigenvalue weighted by molar-refractivity contribution is 5.91. The summed E-state index contributed by atoms with van der Waals surface area (Å²) in [5.41, 5.74) is 2.34. The van der Waals surface area contributed by atoms with Crippen LogP contribution in [-0.2, 0) is 32.3 Å². The standard InChI is InChI=1S/C22H27N3O5/c1-3-28-20(26)14-24-22(27)25(30-16-18-8-6-5-7-9-18)15-17-10-12-19(13-11-17)21(23)29-4-2/h5-13,23H,3-4,14-16H2,1-2H3,(H,24,27). The minimum absolute atomic E-state index is 0.0911. The second-order valence-electron chi connectivity index (χ2n) is 6.22. The number of hydroxylamine groups is 2. The quantitative estimate of drug-likeness (QED) is 0.269. The first-order valence-corrected chi connectivity index (χ1v) is 9.72. The van der Waals surface area contributed by atoms with Crippen molar-refractivity contribution in [2.45, 2.75) is 27.0 Å². The van der Waals surface area contributed by atoms with Gasteiger partial charge in [0, 0.05) is 5.56 Å². The number of rotatable bonds is 10. The Hall–Kier alpha value is -3.39. The van der Waals surface area contributed by atoms with Crippen LogP contribution in [0.4, 0.5) is 4.79 Å². The number of urea groups is 1. The molecule has 0 aliphatic carbocycles. The zero-order valence-corrected chi connectivity index (χ0v) is 17.2. The van der Waals surface area contributed by atoms with Crippen molar-refractivity contribution in [1.29, 1.82) is 5.41 Å². The normalized spacial score (nSPS) is 10.2.